The maximum atomic E-state index is 12.3. The van der Waals surface area contributed by atoms with Crippen molar-refractivity contribution in [3.05, 3.63) is 46.2 Å². The van der Waals surface area contributed by atoms with E-state index in [1.54, 1.807) is 17.4 Å². The van der Waals surface area contributed by atoms with Crippen molar-refractivity contribution in [2.75, 3.05) is 18.1 Å². The summed E-state index contributed by atoms with van der Waals surface area (Å²) < 4.78 is 0. The second-order valence-corrected chi connectivity index (χ2v) is 6.07. The molecule has 0 bridgehead atoms. The summed E-state index contributed by atoms with van der Waals surface area (Å²) in [5.41, 5.74) is 9.43. The molecule has 1 heterocycles. The third kappa shape index (κ3) is 4.06. The Balaban J connectivity index is 1.98. The summed E-state index contributed by atoms with van der Waals surface area (Å²) in [4.78, 5) is 14.4. The number of nitrogens with two attached hydrogens (primary N) is 1. The number of amides is 1. The van der Waals surface area contributed by atoms with Gasteiger partial charge in [0.25, 0.3) is 0 Å². The molecule has 2 rings (SSSR count). The summed E-state index contributed by atoms with van der Waals surface area (Å²) in [6.07, 6.45) is 0. The zero-order valence-electron chi connectivity index (χ0n) is 12.6. The van der Waals surface area contributed by atoms with Gasteiger partial charge < -0.3 is 11.1 Å². The van der Waals surface area contributed by atoms with E-state index in [0.717, 1.165) is 17.8 Å². The molecule has 2 aromatic rings. The second kappa shape index (κ2) is 6.74. The number of hydrogen-bond donors (Lipinski definition) is 2. The van der Waals surface area contributed by atoms with Crippen LogP contribution in [0.2, 0.25) is 0 Å². The first kappa shape index (κ1) is 15.5. The molecule has 0 aliphatic carbocycles. The molecule has 0 spiro atoms. The summed E-state index contributed by atoms with van der Waals surface area (Å²) in [5, 5.41) is 7.11. The molecule has 0 fully saturated rings. The van der Waals surface area contributed by atoms with E-state index in [4.69, 9.17) is 5.73 Å². The molecule has 0 saturated carbocycles. The van der Waals surface area contributed by atoms with Crippen LogP contribution in [-0.4, -0.2) is 23.9 Å². The van der Waals surface area contributed by atoms with Crippen LogP contribution in [0.25, 0.3) is 0 Å². The van der Waals surface area contributed by atoms with Crippen molar-refractivity contribution in [3.63, 3.8) is 0 Å². The topological polar surface area (TPSA) is 58.4 Å². The number of thiophene rings is 1. The summed E-state index contributed by atoms with van der Waals surface area (Å²) in [6, 6.07) is 7.36. The summed E-state index contributed by atoms with van der Waals surface area (Å²) in [6.45, 7) is 4.61. The van der Waals surface area contributed by atoms with Crippen LogP contribution >= 0.6 is 11.3 Å². The molecule has 0 saturated heterocycles. The lowest BCUT2D eigenvalue weighted by Gasteiger charge is -2.23. The Labute approximate surface area is 129 Å². The minimum Gasteiger partial charge on any atom is -0.399 e. The Morgan fingerprint density at radius 3 is 2.81 bits per heavy atom. The standard InChI is InChI=1S/C16H21N3OS/c1-11-8-14(17)4-5-15(11)18-16(20)12(2)19(3)9-13-6-7-21-10-13/h4-8,10,12H,9,17H2,1-3H3,(H,18,20). The van der Waals surface area contributed by atoms with Crippen molar-refractivity contribution in [1.82, 2.24) is 4.90 Å². The van der Waals surface area contributed by atoms with Gasteiger partial charge in [0.1, 0.15) is 0 Å². The van der Waals surface area contributed by atoms with E-state index in [-0.39, 0.29) is 11.9 Å². The summed E-state index contributed by atoms with van der Waals surface area (Å²) in [5.74, 6) is -0.0133. The van der Waals surface area contributed by atoms with Crippen molar-refractivity contribution in [2.24, 2.45) is 0 Å². The monoisotopic (exact) mass is 303 g/mol. The first-order valence-corrected chi connectivity index (χ1v) is 7.80. The van der Waals surface area contributed by atoms with Crippen LogP contribution in [0.3, 0.4) is 0 Å². The molecular weight excluding hydrogens is 282 g/mol. The van der Waals surface area contributed by atoms with Crippen LogP contribution in [0.4, 0.5) is 11.4 Å². The number of nitrogens with one attached hydrogen (secondary N) is 1. The van der Waals surface area contributed by atoms with Gasteiger partial charge in [0.2, 0.25) is 5.91 Å². The van der Waals surface area contributed by atoms with Crippen molar-refractivity contribution >= 4 is 28.6 Å². The van der Waals surface area contributed by atoms with Gasteiger partial charge in [0.05, 0.1) is 6.04 Å². The fraction of sp³-hybridized carbons (Fsp3) is 0.312. The maximum Gasteiger partial charge on any atom is 0.241 e. The third-order valence-corrected chi connectivity index (χ3v) is 4.29. The number of benzene rings is 1. The van der Waals surface area contributed by atoms with E-state index >= 15 is 0 Å². The molecule has 1 unspecified atom stereocenters. The smallest absolute Gasteiger partial charge is 0.241 e. The van der Waals surface area contributed by atoms with Crippen LogP contribution in [0, 0.1) is 6.92 Å². The van der Waals surface area contributed by atoms with E-state index in [0.29, 0.717) is 5.69 Å². The van der Waals surface area contributed by atoms with Gasteiger partial charge in [0.15, 0.2) is 0 Å². The molecule has 1 atom stereocenters. The molecule has 0 aliphatic rings. The first-order chi connectivity index (χ1) is 9.97. The van der Waals surface area contributed by atoms with Gasteiger partial charge in [-0.25, -0.2) is 0 Å². The average Bonchev–Trinajstić information content (AvgIpc) is 2.93. The van der Waals surface area contributed by atoms with Gasteiger partial charge in [-0.05, 0) is 67.0 Å². The number of nitrogen functional groups attached to an aromatic ring is 1. The number of nitrogens with zero attached hydrogens (tertiary/aromatic N) is 1. The Bertz CT molecular complexity index is 610. The molecule has 4 nitrogen and oxygen atoms in total. The minimum absolute atomic E-state index is 0.0133. The minimum atomic E-state index is -0.207. The quantitative estimate of drug-likeness (QED) is 0.835. The van der Waals surface area contributed by atoms with E-state index in [2.05, 4.69) is 16.8 Å². The highest BCUT2D eigenvalue weighted by atomic mass is 32.1. The number of anilines is 2. The molecular formula is C16H21N3OS. The zero-order chi connectivity index (χ0) is 15.4. The molecule has 112 valence electrons. The number of aryl methyl sites for hydroxylation is 1. The highest BCUT2D eigenvalue weighted by molar-refractivity contribution is 7.07. The molecule has 5 heteroatoms. The third-order valence-electron chi connectivity index (χ3n) is 3.56. The van der Waals surface area contributed by atoms with Gasteiger partial charge >= 0.3 is 0 Å². The predicted molar refractivity (Wildman–Crippen MR) is 89.5 cm³/mol. The number of rotatable bonds is 5. The van der Waals surface area contributed by atoms with Crippen molar-refractivity contribution in [3.8, 4) is 0 Å². The fourth-order valence-corrected chi connectivity index (χ4v) is 2.73. The van der Waals surface area contributed by atoms with E-state index in [9.17, 15) is 4.79 Å². The predicted octanol–water partition coefficient (Wildman–Crippen LogP) is 3.10. The molecule has 1 amide bonds. The van der Waals surface area contributed by atoms with Crippen LogP contribution < -0.4 is 11.1 Å². The number of carbonyl (C=O) groups excluding carboxylic acids is 1. The Hall–Kier alpha value is -1.85. The van der Waals surface area contributed by atoms with Crippen molar-refractivity contribution < 1.29 is 4.79 Å². The molecule has 0 aliphatic heterocycles. The van der Waals surface area contributed by atoms with E-state index in [1.165, 1.54) is 5.56 Å². The van der Waals surface area contributed by atoms with Crippen LogP contribution in [-0.2, 0) is 11.3 Å². The highest BCUT2D eigenvalue weighted by Gasteiger charge is 2.18. The number of hydrogen-bond acceptors (Lipinski definition) is 4. The lowest BCUT2D eigenvalue weighted by molar-refractivity contribution is -0.120. The Morgan fingerprint density at radius 1 is 1.43 bits per heavy atom. The Kier molecular flexibility index (Phi) is 4.98. The summed E-state index contributed by atoms with van der Waals surface area (Å²) >= 11 is 1.67. The maximum absolute atomic E-state index is 12.3. The lowest BCUT2D eigenvalue weighted by Crippen LogP contribution is -2.39. The van der Waals surface area contributed by atoms with Gasteiger partial charge in [-0.3, -0.25) is 9.69 Å². The molecule has 3 N–H and O–H groups in total. The van der Waals surface area contributed by atoms with Crippen molar-refractivity contribution in [2.45, 2.75) is 26.4 Å². The molecule has 1 aromatic carbocycles. The van der Waals surface area contributed by atoms with Crippen LogP contribution in [0.15, 0.2) is 35.0 Å². The SMILES string of the molecule is Cc1cc(N)ccc1NC(=O)C(C)N(C)Cc1ccsc1. The lowest BCUT2D eigenvalue weighted by atomic mass is 10.1. The largest absolute Gasteiger partial charge is 0.399 e. The summed E-state index contributed by atoms with van der Waals surface area (Å²) in [7, 11) is 1.96. The Morgan fingerprint density at radius 2 is 2.19 bits per heavy atom. The second-order valence-electron chi connectivity index (χ2n) is 5.29. The van der Waals surface area contributed by atoms with Crippen LogP contribution in [0.5, 0.6) is 0 Å². The van der Waals surface area contributed by atoms with Gasteiger partial charge in [0, 0.05) is 17.9 Å². The first-order valence-electron chi connectivity index (χ1n) is 6.85. The van der Waals surface area contributed by atoms with Gasteiger partial charge in [-0.2, -0.15) is 11.3 Å². The van der Waals surface area contributed by atoms with Gasteiger partial charge in [-0.1, -0.05) is 0 Å². The zero-order valence-corrected chi connectivity index (χ0v) is 13.4. The fourth-order valence-electron chi connectivity index (χ4n) is 2.07. The average molecular weight is 303 g/mol. The highest BCUT2D eigenvalue weighted by Crippen LogP contribution is 2.18. The number of likely N-dealkylation sites (N-methyl/N-ethyl adjacent to an activating group) is 1. The normalized spacial score (nSPS) is 12.4. The molecule has 0 radical (unpaired) electrons. The molecule has 21 heavy (non-hydrogen) atoms. The van der Waals surface area contributed by atoms with Crippen molar-refractivity contribution in [1.29, 1.82) is 0 Å². The van der Waals surface area contributed by atoms with E-state index in [1.807, 2.05) is 43.3 Å². The number of carbonyl (C=O) groups is 1. The van der Waals surface area contributed by atoms with Crippen LogP contribution in [0.1, 0.15) is 18.1 Å². The van der Waals surface area contributed by atoms with Gasteiger partial charge in [-0.15, -0.1) is 0 Å². The van der Waals surface area contributed by atoms with E-state index < -0.39 is 0 Å². The molecule has 1 aromatic heterocycles.